The summed E-state index contributed by atoms with van der Waals surface area (Å²) in [5, 5.41) is 12.7. The molecule has 3 N–H and O–H groups in total. The molecule has 0 aliphatic carbocycles. The minimum Gasteiger partial charge on any atom is -0.508 e. The molecule has 3 amide bonds. The van der Waals surface area contributed by atoms with Gasteiger partial charge < -0.3 is 10.4 Å². The van der Waals surface area contributed by atoms with Gasteiger partial charge in [0.25, 0.3) is 5.24 Å². The average molecular weight is 266 g/mol. The monoisotopic (exact) mass is 266 g/mol. The molecule has 1 aliphatic heterocycles. The highest BCUT2D eigenvalue weighted by Crippen LogP contribution is 2.22. The molecule has 1 aliphatic rings. The van der Waals surface area contributed by atoms with Gasteiger partial charge in [-0.05, 0) is 24.3 Å². The van der Waals surface area contributed by atoms with Crippen LogP contribution in [0.4, 0.5) is 10.5 Å². The maximum atomic E-state index is 11.6. The number of nitrogens with one attached hydrogen (secondary N) is 2. The summed E-state index contributed by atoms with van der Waals surface area (Å²) in [7, 11) is 0. The molecule has 0 unspecified atom stereocenters. The number of rotatable bonds is 3. The van der Waals surface area contributed by atoms with Crippen molar-refractivity contribution >= 4 is 34.5 Å². The lowest BCUT2D eigenvalue weighted by molar-refractivity contribution is -0.122. The third kappa shape index (κ3) is 3.01. The number of amides is 3. The molecule has 1 fully saturated rings. The van der Waals surface area contributed by atoms with Gasteiger partial charge in [-0.3, -0.25) is 19.7 Å². The Labute approximate surface area is 107 Å². The molecule has 0 saturated carbocycles. The number of anilines is 1. The number of hydrogen-bond donors (Lipinski definition) is 3. The lowest BCUT2D eigenvalue weighted by Gasteiger charge is -2.07. The van der Waals surface area contributed by atoms with Crippen LogP contribution in [0.1, 0.15) is 6.42 Å². The summed E-state index contributed by atoms with van der Waals surface area (Å²) < 4.78 is 0. The van der Waals surface area contributed by atoms with Gasteiger partial charge >= 0.3 is 0 Å². The number of aromatic hydroxyl groups is 1. The van der Waals surface area contributed by atoms with Crippen molar-refractivity contribution in [2.45, 2.75) is 11.7 Å². The first-order valence-corrected chi connectivity index (χ1v) is 6.03. The molecule has 1 aromatic rings. The maximum absolute atomic E-state index is 11.6. The van der Waals surface area contributed by atoms with Crippen molar-refractivity contribution < 1.29 is 19.5 Å². The van der Waals surface area contributed by atoms with Crippen molar-refractivity contribution in [3.8, 4) is 5.75 Å². The summed E-state index contributed by atoms with van der Waals surface area (Å²) in [6, 6.07) is 5.97. The van der Waals surface area contributed by atoms with Gasteiger partial charge in [0, 0.05) is 12.1 Å². The van der Waals surface area contributed by atoms with E-state index in [0.29, 0.717) is 5.69 Å². The summed E-state index contributed by atoms with van der Waals surface area (Å²) in [6.45, 7) is 0. The summed E-state index contributed by atoms with van der Waals surface area (Å²) in [5.41, 5.74) is 0.521. The van der Waals surface area contributed by atoms with Crippen LogP contribution in [0.25, 0.3) is 0 Å². The SMILES string of the molecule is O=C(C[C@@H]1SC(=O)NC1=O)Nc1ccc(O)cc1. The lowest BCUT2D eigenvalue weighted by atomic mass is 10.2. The summed E-state index contributed by atoms with van der Waals surface area (Å²) in [6.07, 6.45) is -0.0664. The molecular weight excluding hydrogens is 256 g/mol. The van der Waals surface area contributed by atoms with E-state index in [1.165, 1.54) is 12.1 Å². The maximum Gasteiger partial charge on any atom is 0.286 e. The predicted octanol–water partition coefficient (Wildman–Crippen LogP) is 1.07. The number of phenolic OH excluding ortho intramolecular Hbond substituents is 1. The molecular formula is C11H10N2O4S. The highest BCUT2D eigenvalue weighted by molar-refractivity contribution is 8.15. The van der Waals surface area contributed by atoms with Gasteiger partial charge in [0.1, 0.15) is 11.0 Å². The molecule has 94 valence electrons. The van der Waals surface area contributed by atoms with Crippen molar-refractivity contribution in [3.05, 3.63) is 24.3 Å². The third-order valence-corrected chi connectivity index (χ3v) is 3.27. The Morgan fingerprint density at radius 2 is 2.00 bits per heavy atom. The highest BCUT2D eigenvalue weighted by atomic mass is 32.2. The third-order valence-electron chi connectivity index (χ3n) is 2.29. The van der Waals surface area contributed by atoms with Crippen LogP contribution in [-0.2, 0) is 9.59 Å². The van der Waals surface area contributed by atoms with Crippen molar-refractivity contribution in [2.24, 2.45) is 0 Å². The van der Waals surface area contributed by atoms with Gasteiger partial charge in [-0.2, -0.15) is 0 Å². The van der Waals surface area contributed by atoms with Crippen LogP contribution < -0.4 is 10.6 Å². The smallest absolute Gasteiger partial charge is 0.286 e. The zero-order valence-electron chi connectivity index (χ0n) is 9.17. The standard InChI is InChI=1S/C11H10N2O4S/c14-7-3-1-6(2-4-7)12-9(15)5-8-10(16)13-11(17)18-8/h1-4,8,14H,5H2,(H,12,15)(H,13,16,17)/t8-/m0/s1. The van der Waals surface area contributed by atoms with E-state index in [2.05, 4.69) is 10.6 Å². The Morgan fingerprint density at radius 1 is 1.33 bits per heavy atom. The second-order valence-corrected chi connectivity index (χ2v) is 4.86. The molecule has 1 saturated heterocycles. The van der Waals surface area contributed by atoms with Crippen LogP contribution in [0.5, 0.6) is 5.75 Å². The molecule has 1 atom stereocenters. The molecule has 1 heterocycles. The number of thioether (sulfide) groups is 1. The fourth-order valence-electron chi connectivity index (χ4n) is 1.45. The minimum absolute atomic E-state index is 0.0664. The van der Waals surface area contributed by atoms with Crippen LogP contribution in [0.15, 0.2) is 24.3 Å². The highest BCUT2D eigenvalue weighted by Gasteiger charge is 2.33. The van der Waals surface area contributed by atoms with E-state index in [-0.39, 0.29) is 18.1 Å². The Morgan fingerprint density at radius 3 is 2.56 bits per heavy atom. The largest absolute Gasteiger partial charge is 0.508 e. The van der Waals surface area contributed by atoms with Crippen LogP contribution in [0.3, 0.4) is 0 Å². The van der Waals surface area contributed by atoms with Gasteiger partial charge in [0.15, 0.2) is 0 Å². The number of carbonyl (C=O) groups is 3. The molecule has 0 aromatic heterocycles. The Hall–Kier alpha value is -2.02. The molecule has 0 bridgehead atoms. The normalized spacial score (nSPS) is 18.6. The van der Waals surface area contributed by atoms with Gasteiger partial charge in [0.2, 0.25) is 11.8 Å². The summed E-state index contributed by atoms with van der Waals surface area (Å²) >= 11 is 0.815. The first kappa shape index (κ1) is 12.4. The van der Waals surface area contributed by atoms with Crippen molar-refractivity contribution in [2.75, 3.05) is 5.32 Å². The Balaban J connectivity index is 1.91. The van der Waals surface area contributed by atoms with E-state index < -0.39 is 16.4 Å². The average Bonchev–Trinajstić information content (AvgIpc) is 2.61. The molecule has 0 radical (unpaired) electrons. The van der Waals surface area contributed by atoms with Crippen LogP contribution >= 0.6 is 11.8 Å². The van der Waals surface area contributed by atoms with Crippen molar-refractivity contribution in [3.63, 3.8) is 0 Å². The van der Waals surface area contributed by atoms with Gasteiger partial charge in [-0.1, -0.05) is 11.8 Å². The summed E-state index contributed by atoms with van der Waals surface area (Å²) in [4.78, 5) is 33.8. The van der Waals surface area contributed by atoms with Gasteiger partial charge in [-0.25, -0.2) is 0 Å². The number of phenols is 1. The van der Waals surface area contributed by atoms with Gasteiger partial charge in [-0.15, -0.1) is 0 Å². The molecule has 6 nitrogen and oxygen atoms in total. The topological polar surface area (TPSA) is 95.5 Å². The second kappa shape index (κ2) is 5.09. The predicted molar refractivity (Wildman–Crippen MR) is 66.3 cm³/mol. The van der Waals surface area contributed by atoms with E-state index in [1.54, 1.807) is 12.1 Å². The number of imide groups is 1. The Bertz CT molecular complexity index is 500. The molecule has 1 aromatic carbocycles. The van der Waals surface area contributed by atoms with Gasteiger partial charge in [0.05, 0.1) is 0 Å². The quantitative estimate of drug-likeness (QED) is 0.711. The van der Waals surface area contributed by atoms with E-state index in [1.807, 2.05) is 0 Å². The Kier molecular flexibility index (Phi) is 3.52. The number of hydrogen-bond acceptors (Lipinski definition) is 5. The van der Waals surface area contributed by atoms with E-state index in [4.69, 9.17) is 5.11 Å². The summed E-state index contributed by atoms with van der Waals surface area (Å²) in [5.74, 6) is -0.696. The first-order chi connectivity index (χ1) is 8.54. The molecule has 2 rings (SSSR count). The number of carbonyl (C=O) groups excluding carboxylic acids is 3. The fourth-order valence-corrected chi connectivity index (χ4v) is 2.27. The molecule has 18 heavy (non-hydrogen) atoms. The van der Waals surface area contributed by atoms with E-state index in [0.717, 1.165) is 11.8 Å². The van der Waals surface area contributed by atoms with E-state index in [9.17, 15) is 14.4 Å². The van der Waals surface area contributed by atoms with E-state index >= 15 is 0 Å². The van der Waals surface area contributed by atoms with Crippen molar-refractivity contribution in [1.29, 1.82) is 0 Å². The molecule has 7 heteroatoms. The zero-order chi connectivity index (χ0) is 13.1. The fraction of sp³-hybridized carbons (Fsp3) is 0.182. The lowest BCUT2D eigenvalue weighted by Crippen LogP contribution is -2.27. The molecule has 0 spiro atoms. The zero-order valence-corrected chi connectivity index (χ0v) is 9.99. The number of benzene rings is 1. The minimum atomic E-state index is -0.672. The van der Waals surface area contributed by atoms with Crippen LogP contribution in [-0.4, -0.2) is 27.4 Å². The first-order valence-electron chi connectivity index (χ1n) is 5.15. The second-order valence-electron chi connectivity index (χ2n) is 3.68. The van der Waals surface area contributed by atoms with Crippen LogP contribution in [0.2, 0.25) is 0 Å². The van der Waals surface area contributed by atoms with Crippen LogP contribution in [0, 0.1) is 0 Å². The van der Waals surface area contributed by atoms with Crippen molar-refractivity contribution in [1.82, 2.24) is 5.32 Å².